The van der Waals surface area contributed by atoms with Gasteiger partial charge in [0, 0.05) is 28.7 Å². The molecule has 33 heavy (non-hydrogen) atoms. The van der Waals surface area contributed by atoms with E-state index in [1.807, 2.05) is 5.43 Å². The van der Waals surface area contributed by atoms with Crippen molar-refractivity contribution in [2.75, 3.05) is 12.4 Å². The maximum absolute atomic E-state index is 12.8. The number of benzene rings is 1. The molecule has 3 amide bonds. The topological polar surface area (TPSA) is 189 Å². The molecular weight excluding hydrogens is 456 g/mol. The molecule has 13 heteroatoms. The number of fused-ring (bicyclic) bond motifs is 1. The quantitative estimate of drug-likeness (QED) is 0.146. The van der Waals surface area contributed by atoms with Crippen LogP contribution < -0.4 is 21.9 Å². The molecule has 182 valence electrons. The zero-order valence-corrected chi connectivity index (χ0v) is 19.5. The number of carbonyl (C=O) groups is 4. The summed E-state index contributed by atoms with van der Waals surface area (Å²) in [5.41, 5.74) is 1.39. The maximum atomic E-state index is 12.8. The molecule has 12 nitrogen and oxygen atoms in total. The number of amides is 3. The van der Waals surface area contributed by atoms with Crippen molar-refractivity contribution in [3.63, 3.8) is 0 Å². The van der Waals surface area contributed by atoms with E-state index < -0.39 is 48.2 Å². The number of esters is 1. The maximum Gasteiger partial charge on any atom is 0.408 e. The average molecular weight is 485 g/mol. The number of nitrogens with two attached hydrogens (primary N) is 1. The number of alkyl carbamates (subject to hydrolysis) is 1. The van der Waals surface area contributed by atoms with Crippen LogP contribution in [0.2, 0.25) is 0 Å². The van der Waals surface area contributed by atoms with Crippen LogP contribution in [0.15, 0.2) is 6.07 Å². The Bertz CT molecular complexity index is 947. The van der Waals surface area contributed by atoms with E-state index >= 15 is 0 Å². The summed E-state index contributed by atoms with van der Waals surface area (Å²) < 4.78 is 10.4. The first kappa shape index (κ1) is 26.1. The third kappa shape index (κ3) is 6.89. The number of thioether (sulfide) groups is 1. The van der Waals surface area contributed by atoms with Gasteiger partial charge in [0.05, 0.1) is 5.56 Å². The number of carbonyl (C=O) groups excluding carboxylic acids is 4. The zero-order chi connectivity index (χ0) is 24.9. The Morgan fingerprint density at radius 1 is 1.27 bits per heavy atom. The number of ether oxygens (including phenoxy) is 2. The molecule has 0 aliphatic carbocycles. The van der Waals surface area contributed by atoms with Crippen molar-refractivity contribution in [3.8, 4) is 11.5 Å². The predicted octanol–water partition coefficient (Wildman–Crippen LogP) is 0.178. The molecule has 0 bridgehead atoms. The number of aromatic hydroxyl groups is 2. The number of cyclic esters (lactones) is 1. The van der Waals surface area contributed by atoms with E-state index in [2.05, 4.69) is 10.6 Å². The molecule has 0 aromatic heterocycles. The van der Waals surface area contributed by atoms with Crippen LogP contribution in [-0.4, -0.2) is 64.1 Å². The van der Waals surface area contributed by atoms with Crippen molar-refractivity contribution in [2.45, 2.75) is 51.1 Å². The molecule has 1 aromatic carbocycles. The highest BCUT2D eigenvalue weighted by Crippen LogP contribution is 2.35. The highest BCUT2D eigenvalue weighted by atomic mass is 32.2. The van der Waals surface area contributed by atoms with Gasteiger partial charge in [0.25, 0.3) is 5.91 Å². The zero-order valence-electron chi connectivity index (χ0n) is 18.7. The molecule has 2 atom stereocenters. The van der Waals surface area contributed by atoms with Gasteiger partial charge in [-0.25, -0.2) is 15.4 Å². The summed E-state index contributed by atoms with van der Waals surface area (Å²) in [7, 11) is 0. The second-order valence-corrected chi connectivity index (χ2v) is 9.31. The standard InChI is InChI=1S/C20H28N4O8S/c1-9-13(25)5-14(26)10-7-33-8-12(17(28)24-21)22-16(27)11(6-31-18(29)15(9)10)23-19(30)32-20(2,3)4/h5,11-12,25-26H,6-8,21H2,1-4H3,(H,22,27)(H,23,30)(H,24,28)/t11-,12-/m0/s1. The Hall–Kier alpha value is -3.19. The minimum atomic E-state index is -1.41. The van der Waals surface area contributed by atoms with E-state index in [1.165, 1.54) is 6.92 Å². The van der Waals surface area contributed by atoms with Gasteiger partial charge in [-0.05, 0) is 27.7 Å². The van der Waals surface area contributed by atoms with E-state index in [1.54, 1.807) is 20.8 Å². The van der Waals surface area contributed by atoms with Crippen LogP contribution in [0.5, 0.6) is 11.5 Å². The van der Waals surface area contributed by atoms with Crippen molar-refractivity contribution in [3.05, 3.63) is 22.8 Å². The summed E-state index contributed by atoms with van der Waals surface area (Å²) >= 11 is 1.13. The van der Waals surface area contributed by atoms with Crippen molar-refractivity contribution < 1.29 is 38.9 Å². The Balaban J connectivity index is 2.42. The van der Waals surface area contributed by atoms with Gasteiger partial charge >= 0.3 is 12.1 Å². The van der Waals surface area contributed by atoms with Gasteiger partial charge in [-0.15, -0.1) is 0 Å². The second kappa shape index (κ2) is 10.6. The highest BCUT2D eigenvalue weighted by Gasteiger charge is 2.31. The molecule has 0 spiro atoms. The molecule has 0 unspecified atom stereocenters. The first-order chi connectivity index (χ1) is 15.3. The van der Waals surface area contributed by atoms with Gasteiger partial charge in [0.1, 0.15) is 35.8 Å². The molecule has 0 saturated carbocycles. The largest absolute Gasteiger partial charge is 0.508 e. The Kier molecular flexibility index (Phi) is 8.39. The number of phenolic OH excluding ortho intramolecular Hbond substituents is 2. The Morgan fingerprint density at radius 2 is 1.94 bits per heavy atom. The van der Waals surface area contributed by atoms with Crippen molar-refractivity contribution in [2.24, 2.45) is 5.84 Å². The Labute approximate surface area is 194 Å². The first-order valence-electron chi connectivity index (χ1n) is 9.93. The molecule has 1 aliphatic rings. The van der Waals surface area contributed by atoms with Crippen molar-refractivity contribution in [1.82, 2.24) is 16.1 Å². The number of hydrogen-bond donors (Lipinski definition) is 6. The third-order valence-corrected chi connectivity index (χ3v) is 5.60. The lowest BCUT2D eigenvalue weighted by atomic mass is 10.0. The van der Waals surface area contributed by atoms with Gasteiger partial charge in [0.15, 0.2) is 0 Å². The first-order valence-corrected chi connectivity index (χ1v) is 11.1. The van der Waals surface area contributed by atoms with Crippen LogP contribution in [0.4, 0.5) is 4.79 Å². The smallest absolute Gasteiger partial charge is 0.408 e. The number of hydrogen-bond acceptors (Lipinski definition) is 10. The van der Waals surface area contributed by atoms with Crippen LogP contribution in [-0.2, 0) is 24.8 Å². The minimum Gasteiger partial charge on any atom is -0.508 e. The summed E-state index contributed by atoms with van der Waals surface area (Å²) in [5.74, 6) is 2.27. The highest BCUT2D eigenvalue weighted by molar-refractivity contribution is 7.98. The molecule has 1 aromatic rings. The lowest BCUT2D eigenvalue weighted by Gasteiger charge is -2.26. The van der Waals surface area contributed by atoms with E-state index in [9.17, 15) is 29.4 Å². The summed E-state index contributed by atoms with van der Waals surface area (Å²) in [4.78, 5) is 50.0. The van der Waals surface area contributed by atoms with Gasteiger partial charge in [-0.3, -0.25) is 15.0 Å². The van der Waals surface area contributed by atoms with E-state index in [0.717, 1.165) is 17.8 Å². The second-order valence-electron chi connectivity index (χ2n) is 8.28. The fraction of sp³-hybridized carbons (Fsp3) is 0.500. The normalized spacial score (nSPS) is 19.7. The van der Waals surface area contributed by atoms with Crippen molar-refractivity contribution >= 4 is 35.6 Å². The van der Waals surface area contributed by atoms with Gasteiger partial charge < -0.3 is 30.3 Å². The lowest BCUT2D eigenvalue weighted by Crippen LogP contribution is -2.57. The summed E-state index contributed by atoms with van der Waals surface area (Å²) in [5, 5.41) is 25.1. The molecule has 2 rings (SSSR count). The number of nitrogens with one attached hydrogen (secondary N) is 3. The molecule has 1 aliphatic heterocycles. The fourth-order valence-corrected chi connectivity index (χ4v) is 4.01. The molecule has 7 N–H and O–H groups in total. The summed E-state index contributed by atoms with van der Waals surface area (Å²) in [6.45, 7) is 5.75. The summed E-state index contributed by atoms with van der Waals surface area (Å²) in [6, 6.07) is -1.39. The third-order valence-electron chi connectivity index (χ3n) is 4.54. The predicted molar refractivity (Wildman–Crippen MR) is 118 cm³/mol. The SMILES string of the molecule is Cc1c(O)cc(O)c2c1C(=O)OC[C@H](NC(=O)OC(C)(C)C)C(=O)N[C@H](C(=O)NN)CSC2. The van der Waals surface area contributed by atoms with Gasteiger partial charge in [0.2, 0.25) is 5.91 Å². The summed E-state index contributed by atoms with van der Waals surface area (Å²) in [6.07, 6.45) is -0.938. The van der Waals surface area contributed by atoms with Crippen LogP contribution in [0.3, 0.4) is 0 Å². The number of rotatable bonds is 2. The van der Waals surface area contributed by atoms with E-state index in [-0.39, 0.29) is 39.7 Å². The molecule has 0 fully saturated rings. The van der Waals surface area contributed by atoms with E-state index in [4.69, 9.17) is 15.3 Å². The van der Waals surface area contributed by atoms with Crippen molar-refractivity contribution in [1.29, 1.82) is 0 Å². The van der Waals surface area contributed by atoms with Crippen LogP contribution in [0, 0.1) is 6.92 Å². The Morgan fingerprint density at radius 3 is 2.55 bits per heavy atom. The molecular formula is C20H28N4O8S. The van der Waals surface area contributed by atoms with Gasteiger partial charge in [-0.1, -0.05) is 0 Å². The molecule has 0 radical (unpaired) electrons. The average Bonchev–Trinajstić information content (AvgIpc) is 2.70. The van der Waals surface area contributed by atoms with Crippen LogP contribution >= 0.6 is 11.8 Å². The lowest BCUT2D eigenvalue weighted by molar-refractivity contribution is -0.130. The number of hydrazine groups is 1. The van der Waals surface area contributed by atoms with Crippen LogP contribution in [0.1, 0.15) is 42.3 Å². The molecule has 1 heterocycles. The monoisotopic (exact) mass is 484 g/mol. The minimum absolute atomic E-state index is 0.0295. The van der Waals surface area contributed by atoms with Gasteiger partial charge in [-0.2, -0.15) is 11.8 Å². The molecule has 0 saturated heterocycles. The number of phenols is 2. The van der Waals surface area contributed by atoms with Crippen LogP contribution in [0.25, 0.3) is 0 Å². The fourth-order valence-electron chi connectivity index (χ4n) is 2.93. The van der Waals surface area contributed by atoms with E-state index in [0.29, 0.717) is 0 Å².